The van der Waals surface area contributed by atoms with E-state index in [0.717, 1.165) is 5.56 Å². The number of benzene rings is 1. The topological polar surface area (TPSA) is 88.4 Å². The molecule has 8 heteroatoms. The molecule has 3 heterocycles. The van der Waals surface area contributed by atoms with E-state index < -0.39 is 11.7 Å². The first-order valence-corrected chi connectivity index (χ1v) is 7.76. The Labute approximate surface area is 141 Å². The number of hydrogen-bond donors (Lipinski definition) is 2. The van der Waals surface area contributed by atoms with Crippen LogP contribution >= 0.6 is 0 Å². The van der Waals surface area contributed by atoms with E-state index >= 15 is 0 Å². The molecule has 1 atom stereocenters. The molecule has 1 aliphatic rings. The van der Waals surface area contributed by atoms with Gasteiger partial charge in [-0.2, -0.15) is 5.10 Å². The van der Waals surface area contributed by atoms with Crippen LogP contribution in [0.3, 0.4) is 0 Å². The van der Waals surface area contributed by atoms with Crippen LogP contribution in [0, 0.1) is 5.82 Å². The molecule has 0 aliphatic carbocycles. The largest absolute Gasteiger partial charge is 0.351 e. The molecular weight excluding hydrogens is 325 g/mol. The number of halogens is 1. The highest BCUT2D eigenvalue weighted by Gasteiger charge is 2.31. The third kappa shape index (κ3) is 2.82. The fraction of sp³-hybridized carbons (Fsp3) is 0.176. The van der Waals surface area contributed by atoms with Crippen LogP contribution in [0.15, 0.2) is 42.9 Å². The molecule has 126 valence electrons. The van der Waals surface area contributed by atoms with E-state index in [9.17, 15) is 14.0 Å². The summed E-state index contributed by atoms with van der Waals surface area (Å²) in [5.41, 5.74) is 2.36. The van der Waals surface area contributed by atoms with E-state index in [2.05, 4.69) is 20.7 Å². The van der Waals surface area contributed by atoms with Crippen molar-refractivity contribution in [1.82, 2.24) is 19.9 Å². The summed E-state index contributed by atoms with van der Waals surface area (Å²) in [4.78, 5) is 28.6. The zero-order valence-corrected chi connectivity index (χ0v) is 13.1. The number of carbonyl (C=O) groups excluding carboxylic acids is 2. The lowest BCUT2D eigenvalue weighted by molar-refractivity contribution is -0.126. The van der Waals surface area contributed by atoms with Gasteiger partial charge in [-0.15, -0.1) is 0 Å². The van der Waals surface area contributed by atoms with Crippen molar-refractivity contribution in [3.63, 3.8) is 0 Å². The van der Waals surface area contributed by atoms with Gasteiger partial charge in [0.05, 0.1) is 12.1 Å². The zero-order valence-electron chi connectivity index (χ0n) is 13.1. The van der Waals surface area contributed by atoms with Crippen LogP contribution in [0.5, 0.6) is 0 Å². The second-order valence-corrected chi connectivity index (χ2v) is 5.81. The van der Waals surface area contributed by atoms with Crippen molar-refractivity contribution in [2.45, 2.75) is 18.9 Å². The van der Waals surface area contributed by atoms with Gasteiger partial charge >= 0.3 is 0 Å². The Hall–Kier alpha value is -3.29. The van der Waals surface area contributed by atoms with Crippen LogP contribution < -0.4 is 10.6 Å². The van der Waals surface area contributed by atoms with Gasteiger partial charge in [-0.3, -0.25) is 9.59 Å². The van der Waals surface area contributed by atoms with Gasteiger partial charge in [-0.25, -0.2) is 13.9 Å². The molecule has 2 amide bonds. The standard InChI is InChI=1S/C17H14FN5O2/c18-11-2-3-14-12(6-11)13(7-15(24)22-14)17(25)20-8-10-9-21-23-5-1-4-19-16(10)23/h1-6,9,13H,7-8H2,(H,20,25)(H,22,24)/t13-/m0/s1. The summed E-state index contributed by atoms with van der Waals surface area (Å²) in [7, 11) is 0. The van der Waals surface area contributed by atoms with E-state index in [1.54, 1.807) is 29.2 Å². The number of carbonyl (C=O) groups is 2. The average molecular weight is 339 g/mol. The fourth-order valence-electron chi connectivity index (χ4n) is 2.97. The molecule has 0 saturated carbocycles. The van der Waals surface area contributed by atoms with Crippen LogP contribution in [0.2, 0.25) is 0 Å². The lowest BCUT2D eigenvalue weighted by Crippen LogP contribution is -2.34. The van der Waals surface area contributed by atoms with Gasteiger partial charge in [0.2, 0.25) is 11.8 Å². The molecule has 2 aromatic heterocycles. The van der Waals surface area contributed by atoms with Crippen molar-refractivity contribution in [2.75, 3.05) is 5.32 Å². The number of fused-ring (bicyclic) bond motifs is 2. The SMILES string of the molecule is O=C1C[C@H](C(=O)NCc2cnn3cccnc23)c2cc(F)ccc2N1. The average Bonchev–Trinajstić information content (AvgIpc) is 3.02. The Balaban J connectivity index is 1.55. The highest BCUT2D eigenvalue weighted by atomic mass is 19.1. The Morgan fingerprint density at radius 2 is 2.32 bits per heavy atom. The molecule has 2 N–H and O–H groups in total. The van der Waals surface area contributed by atoms with E-state index in [1.807, 2.05) is 0 Å². The second-order valence-electron chi connectivity index (χ2n) is 5.81. The summed E-state index contributed by atoms with van der Waals surface area (Å²) >= 11 is 0. The summed E-state index contributed by atoms with van der Waals surface area (Å²) in [5, 5.41) is 9.61. The van der Waals surface area contributed by atoms with Crippen molar-refractivity contribution < 1.29 is 14.0 Å². The van der Waals surface area contributed by atoms with E-state index in [0.29, 0.717) is 16.9 Å². The summed E-state index contributed by atoms with van der Waals surface area (Å²) in [6.45, 7) is 0.224. The summed E-state index contributed by atoms with van der Waals surface area (Å²) in [6, 6.07) is 5.77. The Morgan fingerprint density at radius 1 is 1.44 bits per heavy atom. The molecule has 0 radical (unpaired) electrons. The third-order valence-corrected chi connectivity index (χ3v) is 4.17. The first-order valence-electron chi connectivity index (χ1n) is 7.76. The number of nitrogens with one attached hydrogen (secondary N) is 2. The van der Waals surface area contributed by atoms with Crippen molar-refractivity contribution in [3.05, 3.63) is 59.8 Å². The number of nitrogens with zero attached hydrogens (tertiary/aromatic N) is 3. The second kappa shape index (κ2) is 5.97. The molecule has 7 nitrogen and oxygen atoms in total. The first-order chi connectivity index (χ1) is 12.1. The van der Waals surface area contributed by atoms with Crippen molar-refractivity contribution in [3.8, 4) is 0 Å². The Kier molecular flexibility index (Phi) is 3.64. The van der Waals surface area contributed by atoms with Gasteiger partial charge < -0.3 is 10.6 Å². The van der Waals surface area contributed by atoms with Crippen molar-refractivity contribution in [2.24, 2.45) is 0 Å². The molecule has 0 unspecified atom stereocenters. The molecule has 0 bridgehead atoms. The lowest BCUT2D eigenvalue weighted by atomic mass is 9.89. The van der Waals surface area contributed by atoms with Crippen LogP contribution in [-0.2, 0) is 16.1 Å². The minimum Gasteiger partial charge on any atom is -0.351 e. The number of amides is 2. The molecule has 0 saturated heterocycles. The van der Waals surface area contributed by atoms with Gasteiger partial charge in [0.1, 0.15) is 5.82 Å². The molecule has 0 spiro atoms. The predicted octanol–water partition coefficient (Wildman–Crippen LogP) is 1.61. The van der Waals surface area contributed by atoms with Gasteiger partial charge in [0.15, 0.2) is 5.65 Å². The molecule has 1 aromatic carbocycles. The maximum Gasteiger partial charge on any atom is 0.228 e. The van der Waals surface area contributed by atoms with E-state index in [1.165, 1.54) is 18.2 Å². The first kappa shape index (κ1) is 15.3. The highest BCUT2D eigenvalue weighted by Crippen LogP contribution is 2.32. The van der Waals surface area contributed by atoms with E-state index in [4.69, 9.17) is 0 Å². The highest BCUT2D eigenvalue weighted by molar-refractivity contribution is 6.01. The van der Waals surface area contributed by atoms with Crippen LogP contribution in [-0.4, -0.2) is 26.4 Å². The maximum atomic E-state index is 13.5. The molecule has 0 fully saturated rings. The molecule has 3 aromatic rings. The number of aromatic nitrogens is 3. The third-order valence-electron chi connectivity index (χ3n) is 4.17. The van der Waals surface area contributed by atoms with Crippen LogP contribution in [0.25, 0.3) is 5.65 Å². The summed E-state index contributed by atoms with van der Waals surface area (Å²) in [6.07, 6.45) is 5.02. The van der Waals surface area contributed by atoms with Crippen molar-refractivity contribution in [1.29, 1.82) is 0 Å². The van der Waals surface area contributed by atoms with Gasteiger partial charge in [0.25, 0.3) is 0 Å². The Bertz CT molecular complexity index is 984. The fourth-order valence-corrected chi connectivity index (χ4v) is 2.97. The zero-order chi connectivity index (χ0) is 17.4. The minimum absolute atomic E-state index is 0.0186. The smallest absolute Gasteiger partial charge is 0.228 e. The number of rotatable bonds is 3. The normalized spacial score (nSPS) is 16.4. The van der Waals surface area contributed by atoms with Gasteiger partial charge in [-0.1, -0.05) is 0 Å². The summed E-state index contributed by atoms with van der Waals surface area (Å²) in [5.74, 6) is -1.78. The quantitative estimate of drug-likeness (QED) is 0.759. The lowest BCUT2D eigenvalue weighted by Gasteiger charge is -2.24. The predicted molar refractivity (Wildman–Crippen MR) is 87.2 cm³/mol. The van der Waals surface area contributed by atoms with Gasteiger partial charge in [-0.05, 0) is 29.8 Å². The van der Waals surface area contributed by atoms with Gasteiger partial charge in [0, 0.05) is 36.6 Å². The Morgan fingerprint density at radius 3 is 3.20 bits per heavy atom. The van der Waals surface area contributed by atoms with Crippen molar-refractivity contribution >= 4 is 23.1 Å². The molecule has 25 heavy (non-hydrogen) atoms. The van der Waals surface area contributed by atoms with Crippen LogP contribution in [0.1, 0.15) is 23.5 Å². The van der Waals surface area contributed by atoms with Crippen LogP contribution in [0.4, 0.5) is 10.1 Å². The van der Waals surface area contributed by atoms with E-state index in [-0.39, 0.29) is 24.8 Å². The maximum absolute atomic E-state index is 13.5. The summed E-state index contributed by atoms with van der Waals surface area (Å²) < 4.78 is 15.2. The monoisotopic (exact) mass is 339 g/mol. The molecular formula is C17H14FN5O2. The number of anilines is 1. The number of hydrogen-bond acceptors (Lipinski definition) is 4. The molecule has 4 rings (SSSR count). The minimum atomic E-state index is -0.728. The molecule has 1 aliphatic heterocycles.